The van der Waals surface area contributed by atoms with Crippen LogP contribution in [-0.4, -0.2) is 11.0 Å². The van der Waals surface area contributed by atoms with Crippen LogP contribution in [0, 0.1) is 0 Å². The van der Waals surface area contributed by atoms with Gasteiger partial charge in [0, 0.05) is 23.0 Å². The van der Waals surface area contributed by atoms with E-state index in [1.54, 1.807) is 36.5 Å². The molecule has 0 spiro atoms. The molecule has 5 heteroatoms. The Kier molecular flexibility index (Phi) is 3.31. The van der Waals surface area contributed by atoms with Gasteiger partial charge in [-0.2, -0.15) is 0 Å². The molecule has 0 aliphatic carbocycles. The number of rotatable bonds is 2. The molecule has 24 heavy (non-hydrogen) atoms. The van der Waals surface area contributed by atoms with Crippen LogP contribution >= 0.6 is 0 Å². The monoisotopic (exact) mass is 317 g/mol. The van der Waals surface area contributed by atoms with E-state index < -0.39 is 11.6 Å². The van der Waals surface area contributed by atoms with Gasteiger partial charge in [-0.25, -0.2) is 14.6 Å². The summed E-state index contributed by atoms with van der Waals surface area (Å²) in [5.41, 5.74) is -0.481. The van der Waals surface area contributed by atoms with E-state index in [0.29, 0.717) is 11.0 Å². The molecule has 116 valence electrons. The lowest BCUT2D eigenvalue weighted by Gasteiger charge is -2.05. The van der Waals surface area contributed by atoms with Crippen LogP contribution in [0.15, 0.2) is 76.1 Å². The van der Waals surface area contributed by atoms with Crippen LogP contribution in [0.2, 0.25) is 0 Å². The standard InChI is InChI=1S/C19H11NO4/c21-18-15(9-13-6-3-4-8-16(13)23-18)19(22)24-17-10-12-5-1-2-7-14(12)11-20-17/h1-11H. The Morgan fingerprint density at radius 2 is 1.62 bits per heavy atom. The zero-order valence-corrected chi connectivity index (χ0v) is 12.4. The molecule has 0 saturated carbocycles. The van der Waals surface area contributed by atoms with E-state index in [1.165, 1.54) is 6.07 Å². The normalized spacial score (nSPS) is 10.8. The highest BCUT2D eigenvalue weighted by molar-refractivity contribution is 5.94. The number of hydrogen-bond acceptors (Lipinski definition) is 5. The highest BCUT2D eigenvalue weighted by atomic mass is 16.5. The summed E-state index contributed by atoms with van der Waals surface area (Å²) in [5, 5.41) is 2.47. The second kappa shape index (κ2) is 5.62. The average Bonchev–Trinajstić information content (AvgIpc) is 2.61. The fraction of sp³-hybridized carbons (Fsp3) is 0. The number of carbonyl (C=O) groups excluding carboxylic acids is 1. The number of hydrogen-bond donors (Lipinski definition) is 0. The van der Waals surface area contributed by atoms with Crippen LogP contribution in [0.25, 0.3) is 21.7 Å². The molecule has 4 rings (SSSR count). The number of carbonyl (C=O) groups is 1. The van der Waals surface area contributed by atoms with Crippen molar-refractivity contribution in [3.05, 3.63) is 82.8 Å². The molecule has 0 saturated heterocycles. The number of pyridine rings is 1. The van der Waals surface area contributed by atoms with Crippen LogP contribution in [0.3, 0.4) is 0 Å². The number of aromatic nitrogens is 1. The smallest absolute Gasteiger partial charge is 0.352 e. The van der Waals surface area contributed by atoms with Gasteiger partial charge in [-0.3, -0.25) is 0 Å². The van der Waals surface area contributed by atoms with Gasteiger partial charge < -0.3 is 9.15 Å². The lowest BCUT2D eigenvalue weighted by Crippen LogP contribution is -2.19. The van der Waals surface area contributed by atoms with Gasteiger partial charge in [-0.1, -0.05) is 42.5 Å². The number of ether oxygens (including phenoxy) is 1. The van der Waals surface area contributed by atoms with Crippen molar-refractivity contribution in [2.75, 3.05) is 0 Å². The highest BCUT2D eigenvalue weighted by Crippen LogP contribution is 2.19. The van der Waals surface area contributed by atoms with Gasteiger partial charge in [0.15, 0.2) is 0 Å². The zero-order chi connectivity index (χ0) is 16.5. The molecule has 5 nitrogen and oxygen atoms in total. The summed E-state index contributed by atoms with van der Waals surface area (Å²) in [7, 11) is 0. The Morgan fingerprint density at radius 1 is 0.917 bits per heavy atom. The minimum Gasteiger partial charge on any atom is -0.422 e. The van der Waals surface area contributed by atoms with Crippen LogP contribution in [0.5, 0.6) is 5.88 Å². The van der Waals surface area contributed by atoms with E-state index in [9.17, 15) is 9.59 Å². The maximum absolute atomic E-state index is 12.3. The Labute approximate surface area is 136 Å². The van der Waals surface area contributed by atoms with Crippen molar-refractivity contribution in [1.29, 1.82) is 0 Å². The molecule has 0 bridgehead atoms. The van der Waals surface area contributed by atoms with Crippen LogP contribution in [-0.2, 0) is 0 Å². The molecule has 0 fully saturated rings. The third-order valence-corrected chi connectivity index (χ3v) is 3.66. The summed E-state index contributed by atoms with van der Waals surface area (Å²) < 4.78 is 10.4. The minimum atomic E-state index is -0.794. The number of para-hydroxylation sites is 1. The summed E-state index contributed by atoms with van der Waals surface area (Å²) in [4.78, 5) is 28.4. The molecule has 0 N–H and O–H groups in total. The Hall–Kier alpha value is -3.47. The van der Waals surface area contributed by atoms with Gasteiger partial charge in [0.05, 0.1) is 0 Å². The second-order valence-corrected chi connectivity index (χ2v) is 5.24. The third kappa shape index (κ3) is 2.52. The van der Waals surface area contributed by atoms with E-state index in [2.05, 4.69) is 4.98 Å². The maximum atomic E-state index is 12.3. The van der Waals surface area contributed by atoms with Crippen molar-refractivity contribution < 1.29 is 13.9 Å². The Bertz CT molecular complexity index is 1130. The zero-order valence-electron chi connectivity index (χ0n) is 12.4. The van der Waals surface area contributed by atoms with Crippen molar-refractivity contribution in [2.45, 2.75) is 0 Å². The number of fused-ring (bicyclic) bond motifs is 2. The molecule has 0 unspecified atom stereocenters. The lowest BCUT2D eigenvalue weighted by molar-refractivity contribution is 0.0723. The summed E-state index contributed by atoms with van der Waals surface area (Å²) in [6.45, 7) is 0. The van der Waals surface area contributed by atoms with Crippen molar-refractivity contribution in [1.82, 2.24) is 4.98 Å². The molecule has 0 radical (unpaired) electrons. The SMILES string of the molecule is O=C(Oc1cc2ccccc2cn1)c1cc2ccccc2oc1=O. The predicted molar refractivity (Wildman–Crippen MR) is 89.2 cm³/mol. The van der Waals surface area contributed by atoms with E-state index in [1.807, 2.05) is 24.3 Å². The van der Waals surface area contributed by atoms with Crippen molar-refractivity contribution in [3.8, 4) is 5.88 Å². The molecule has 0 amide bonds. The van der Waals surface area contributed by atoms with E-state index in [4.69, 9.17) is 9.15 Å². The number of nitrogens with zero attached hydrogens (tertiary/aromatic N) is 1. The Balaban J connectivity index is 1.70. The molecule has 4 aromatic rings. The predicted octanol–water partition coefficient (Wildman–Crippen LogP) is 3.56. The first kappa shape index (κ1) is 14.1. The molecular weight excluding hydrogens is 306 g/mol. The number of esters is 1. The van der Waals surface area contributed by atoms with Gasteiger partial charge in [0.1, 0.15) is 11.1 Å². The lowest BCUT2D eigenvalue weighted by atomic mass is 10.2. The molecular formula is C19H11NO4. The van der Waals surface area contributed by atoms with E-state index in [0.717, 1.165) is 10.8 Å². The third-order valence-electron chi connectivity index (χ3n) is 3.66. The van der Waals surface area contributed by atoms with Gasteiger partial charge in [0.25, 0.3) is 0 Å². The van der Waals surface area contributed by atoms with Crippen molar-refractivity contribution in [2.24, 2.45) is 0 Å². The van der Waals surface area contributed by atoms with Crippen LogP contribution in [0.1, 0.15) is 10.4 Å². The molecule has 2 aromatic heterocycles. The molecule has 0 aliphatic heterocycles. The molecule has 2 aromatic carbocycles. The average molecular weight is 317 g/mol. The first-order valence-corrected chi connectivity index (χ1v) is 7.30. The molecule has 0 aliphatic rings. The van der Waals surface area contributed by atoms with Gasteiger partial charge in [-0.05, 0) is 17.5 Å². The van der Waals surface area contributed by atoms with E-state index >= 15 is 0 Å². The van der Waals surface area contributed by atoms with Crippen molar-refractivity contribution >= 4 is 27.7 Å². The van der Waals surface area contributed by atoms with Gasteiger partial charge in [0.2, 0.25) is 5.88 Å². The van der Waals surface area contributed by atoms with Crippen LogP contribution < -0.4 is 10.4 Å². The summed E-state index contributed by atoms with van der Waals surface area (Å²) in [6, 6.07) is 17.7. The highest BCUT2D eigenvalue weighted by Gasteiger charge is 2.16. The second-order valence-electron chi connectivity index (χ2n) is 5.24. The van der Waals surface area contributed by atoms with E-state index in [-0.39, 0.29) is 11.4 Å². The fourth-order valence-electron chi connectivity index (χ4n) is 2.47. The first-order valence-electron chi connectivity index (χ1n) is 7.30. The van der Waals surface area contributed by atoms with Crippen LogP contribution in [0.4, 0.5) is 0 Å². The van der Waals surface area contributed by atoms with Gasteiger partial charge in [-0.15, -0.1) is 0 Å². The summed E-state index contributed by atoms with van der Waals surface area (Å²) in [6.07, 6.45) is 1.61. The first-order chi connectivity index (χ1) is 11.7. The summed E-state index contributed by atoms with van der Waals surface area (Å²) in [5.74, 6) is -0.663. The topological polar surface area (TPSA) is 69.4 Å². The largest absolute Gasteiger partial charge is 0.422 e. The molecule has 2 heterocycles. The van der Waals surface area contributed by atoms with Crippen molar-refractivity contribution in [3.63, 3.8) is 0 Å². The van der Waals surface area contributed by atoms with Gasteiger partial charge >= 0.3 is 11.6 Å². The number of benzene rings is 2. The maximum Gasteiger partial charge on any atom is 0.352 e. The summed E-state index contributed by atoms with van der Waals surface area (Å²) >= 11 is 0. The fourth-order valence-corrected chi connectivity index (χ4v) is 2.47. The Morgan fingerprint density at radius 3 is 2.46 bits per heavy atom. The molecule has 0 atom stereocenters. The minimum absolute atomic E-state index is 0.131. The quantitative estimate of drug-likeness (QED) is 0.417.